The Labute approximate surface area is 127 Å². The second-order valence-corrected chi connectivity index (χ2v) is 7.96. The highest BCUT2D eigenvalue weighted by Gasteiger charge is 2.31. The van der Waals surface area contributed by atoms with Crippen LogP contribution in [0.5, 0.6) is 0 Å². The van der Waals surface area contributed by atoms with Gasteiger partial charge in [0.05, 0.1) is 12.2 Å². The summed E-state index contributed by atoms with van der Waals surface area (Å²) >= 11 is 0.716. The lowest BCUT2D eigenvalue weighted by Gasteiger charge is -2.25. The first-order valence-electron chi connectivity index (χ1n) is 6.44. The van der Waals surface area contributed by atoms with Gasteiger partial charge in [0.25, 0.3) is 10.0 Å². The summed E-state index contributed by atoms with van der Waals surface area (Å²) in [5.41, 5.74) is 1.03. The van der Waals surface area contributed by atoms with E-state index in [0.29, 0.717) is 22.7 Å². The minimum absolute atomic E-state index is 0.0668. The zero-order valence-corrected chi connectivity index (χ0v) is 13.7. The zero-order chi connectivity index (χ0) is 15.6. The molecule has 2 rings (SSSR count). The van der Waals surface area contributed by atoms with Crippen molar-refractivity contribution < 1.29 is 8.42 Å². The first-order valence-corrected chi connectivity index (χ1v) is 8.69. The summed E-state index contributed by atoms with van der Waals surface area (Å²) < 4.78 is 26.9. The van der Waals surface area contributed by atoms with E-state index in [4.69, 9.17) is 0 Å². The molecular formula is C13H17N3O3S2. The van der Waals surface area contributed by atoms with Gasteiger partial charge < -0.3 is 4.98 Å². The number of pyridine rings is 1. The average molecular weight is 327 g/mol. The van der Waals surface area contributed by atoms with Crippen molar-refractivity contribution in [2.75, 3.05) is 0 Å². The quantitative estimate of drug-likeness (QED) is 0.906. The SMILES string of the molecule is Cc1[nH]c(=O)sc1S(=O)(=O)N(Cc1ccccn1)C(C)C. The first-order chi connectivity index (χ1) is 9.82. The number of hydrogen-bond acceptors (Lipinski definition) is 5. The molecule has 0 saturated heterocycles. The highest BCUT2D eigenvalue weighted by molar-refractivity contribution is 7.91. The molecule has 0 unspecified atom stereocenters. The van der Waals surface area contributed by atoms with Crippen molar-refractivity contribution in [3.63, 3.8) is 0 Å². The van der Waals surface area contributed by atoms with Crippen LogP contribution in [-0.4, -0.2) is 28.7 Å². The molecule has 6 nitrogen and oxygen atoms in total. The number of aromatic amines is 1. The van der Waals surface area contributed by atoms with Crippen molar-refractivity contribution in [1.29, 1.82) is 0 Å². The van der Waals surface area contributed by atoms with Gasteiger partial charge in [-0.3, -0.25) is 9.78 Å². The number of nitrogens with one attached hydrogen (secondary N) is 1. The van der Waals surface area contributed by atoms with Crippen LogP contribution in [0.25, 0.3) is 0 Å². The van der Waals surface area contributed by atoms with Crippen LogP contribution in [0.1, 0.15) is 25.2 Å². The van der Waals surface area contributed by atoms with E-state index in [0.717, 1.165) is 0 Å². The standard InChI is InChI=1S/C13H17N3O3S2/c1-9(2)16(8-11-6-4-5-7-14-11)21(18,19)12-10(3)15-13(17)20-12/h4-7,9H,8H2,1-3H3,(H,15,17). The largest absolute Gasteiger partial charge is 0.315 e. The van der Waals surface area contributed by atoms with Crippen LogP contribution in [0.15, 0.2) is 33.4 Å². The van der Waals surface area contributed by atoms with Crippen molar-refractivity contribution in [2.24, 2.45) is 0 Å². The van der Waals surface area contributed by atoms with Crippen molar-refractivity contribution >= 4 is 21.4 Å². The molecule has 0 saturated carbocycles. The molecule has 0 aliphatic heterocycles. The van der Waals surface area contributed by atoms with Gasteiger partial charge in [0.1, 0.15) is 0 Å². The maximum Gasteiger partial charge on any atom is 0.305 e. The molecule has 1 N–H and O–H groups in total. The molecule has 0 fully saturated rings. The minimum Gasteiger partial charge on any atom is -0.315 e. The summed E-state index contributed by atoms with van der Waals surface area (Å²) in [6.45, 7) is 5.35. The Morgan fingerprint density at radius 3 is 2.57 bits per heavy atom. The van der Waals surface area contributed by atoms with Gasteiger partial charge in [0.15, 0.2) is 4.21 Å². The predicted octanol–water partition coefficient (Wildman–Crippen LogP) is 1.74. The smallest absolute Gasteiger partial charge is 0.305 e. The molecule has 0 aliphatic rings. The predicted molar refractivity (Wildman–Crippen MR) is 81.8 cm³/mol. The minimum atomic E-state index is -3.73. The average Bonchev–Trinajstić information content (AvgIpc) is 2.76. The van der Waals surface area contributed by atoms with Crippen molar-refractivity contribution in [3.05, 3.63) is 45.5 Å². The molecule has 8 heteroatoms. The van der Waals surface area contributed by atoms with Gasteiger partial charge in [-0.1, -0.05) is 17.4 Å². The Bertz CT molecular complexity index is 763. The highest BCUT2D eigenvalue weighted by Crippen LogP contribution is 2.24. The molecule has 0 aromatic carbocycles. The third-order valence-electron chi connectivity index (χ3n) is 2.94. The normalized spacial score (nSPS) is 12.2. The fourth-order valence-corrected chi connectivity index (χ4v) is 4.96. The fraction of sp³-hybridized carbons (Fsp3) is 0.385. The van der Waals surface area contributed by atoms with E-state index in [1.807, 2.05) is 6.07 Å². The molecule has 2 aromatic rings. The number of rotatable bonds is 5. The molecule has 0 atom stereocenters. The maximum absolute atomic E-state index is 12.8. The second-order valence-electron chi connectivity index (χ2n) is 4.89. The molecule has 21 heavy (non-hydrogen) atoms. The van der Waals surface area contributed by atoms with Gasteiger partial charge in [-0.05, 0) is 32.9 Å². The van der Waals surface area contributed by atoms with E-state index in [9.17, 15) is 13.2 Å². The lowest BCUT2D eigenvalue weighted by atomic mass is 10.3. The Morgan fingerprint density at radius 1 is 1.38 bits per heavy atom. The highest BCUT2D eigenvalue weighted by atomic mass is 32.2. The summed E-state index contributed by atoms with van der Waals surface area (Å²) in [6.07, 6.45) is 1.63. The third-order valence-corrected chi connectivity index (χ3v) is 6.55. The number of aryl methyl sites for hydroxylation is 1. The summed E-state index contributed by atoms with van der Waals surface area (Å²) in [5.74, 6) is 0. The summed E-state index contributed by atoms with van der Waals surface area (Å²) in [5, 5.41) is 0. The number of aromatic nitrogens is 2. The van der Waals surface area contributed by atoms with Crippen LogP contribution >= 0.6 is 11.3 Å². The Kier molecular flexibility index (Phi) is 4.60. The summed E-state index contributed by atoms with van der Waals surface area (Å²) in [4.78, 5) is 17.7. The topological polar surface area (TPSA) is 83.1 Å². The lowest BCUT2D eigenvalue weighted by Crippen LogP contribution is -2.36. The van der Waals surface area contributed by atoms with Gasteiger partial charge >= 0.3 is 4.87 Å². The Morgan fingerprint density at radius 2 is 2.10 bits per heavy atom. The number of sulfonamides is 1. The van der Waals surface area contributed by atoms with Crippen molar-refractivity contribution in [2.45, 2.75) is 37.6 Å². The van der Waals surface area contributed by atoms with Crippen LogP contribution in [0, 0.1) is 6.92 Å². The number of thiazole rings is 1. The van der Waals surface area contributed by atoms with E-state index in [1.165, 1.54) is 4.31 Å². The van der Waals surface area contributed by atoms with Gasteiger partial charge in [-0.2, -0.15) is 4.31 Å². The molecular weight excluding hydrogens is 310 g/mol. The van der Waals surface area contributed by atoms with Gasteiger partial charge in [0.2, 0.25) is 0 Å². The number of H-pyrrole nitrogens is 1. The third kappa shape index (κ3) is 3.39. The lowest BCUT2D eigenvalue weighted by molar-refractivity contribution is 0.345. The van der Waals surface area contributed by atoms with E-state index in [1.54, 1.807) is 39.1 Å². The fourth-order valence-electron chi connectivity index (χ4n) is 1.94. The van der Waals surface area contributed by atoms with Gasteiger partial charge in [0, 0.05) is 17.9 Å². The van der Waals surface area contributed by atoms with Crippen molar-refractivity contribution in [3.8, 4) is 0 Å². The van der Waals surface area contributed by atoms with Crippen LogP contribution < -0.4 is 4.87 Å². The first kappa shape index (κ1) is 15.9. The van der Waals surface area contributed by atoms with Crippen LogP contribution in [0.2, 0.25) is 0 Å². The maximum atomic E-state index is 12.8. The number of hydrogen-bond donors (Lipinski definition) is 1. The van der Waals surface area contributed by atoms with E-state index in [-0.39, 0.29) is 21.7 Å². The molecule has 0 spiro atoms. The zero-order valence-electron chi connectivity index (χ0n) is 12.0. The molecule has 2 heterocycles. The molecule has 0 aliphatic carbocycles. The van der Waals surface area contributed by atoms with E-state index < -0.39 is 10.0 Å². The Hall–Kier alpha value is -1.51. The summed E-state index contributed by atoms with van der Waals surface area (Å²) in [6, 6.07) is 5.12. The van der Waals surface area contributed by atoms with Crippen LogP contribution in [-0.2, 0) is 16.6 Å². The van der Waals surface area contributed by atoms with Gasteiger partial charge in [-0.15, -0.1) is 0 Å². The summed E-state index contributed by atoms with van der Waals surface area (Å²) in [7, 11) is -3.73. The molecule has 2 aromatic heterocycles. The molecule has 114 valence electrons. The van der Waals surface area contributed by atoms with E-state index in [2.05, 4.69) is 9.97 Å². The molecule has 0 bridgehead atoms. The van der Waals surface area contributed by atoms with Crippen molar-refractivity contribution in [1.82, 2.24) is 14.3 Å². The van der Waals surface area contributed by atoms with Gasteiger partial charge in [-0.25, -0.2) is 8.42 Å². The number of nitrogens with zero attached hydrogens (tertiary/aromatic N) is 2. The Balaban J connectivity index is 2.42. The second kappa shape index (κ2) is 6.08. The van der Waals surface area contributed by atoms with E-state index >= 15 is 0 Å². The van der Waals surface area contributed by atoms with Crippen LogP contribution in [0.3, 0.4) is 0 Å². The molecule has 0 amide bonds. The monoisotopic (exact) mass is 327 g/mol. The molecule has 0 radical (unpaired) electrons. The van der Waals surface area contributed by atoms with Crippen LogP contribution in [0.4, 0.5) is 0 Å².